The highest BCUT2D eigenvalue weighted by molar-refractivity contribution is 8.16. The summed E-state index contributed by atoms with van der Waals surface area (Å²) in [6, 6.07) is 0.699. The highest BCUT2D eigenvalue weighted by Gasteiger charge is 2.30. The molecule has 5 nitrogen and oxygen atoms in total. The molecule has 0 aliphatic carbocycles. The molecule has 0 spiro atoms. The first-order valence-electron chi connectivity index (χ1n) is 6.26. The van der Waals surface area contributed by atoms with E-state index in [9.17, 15) is 4.79 Å². The lowest BCUT2D eigenvalue weighted by Gasteiger charge is -2.43. The smallest absolute Gasteiger partial charge is 0.278 e. The Morgan fingerprint density at radius 2 is 2.06 bits per heavy atom. The molecule has 0 aromatic rings. The molecule has 3 rings (SSSR count). The minimum absolute atomic E-state index is 0.152. The zero-order valence-corrected chi connectivity index (χ0v) is 10.7. The van der Waals surface area contributed by atoms with E-state index in [1.54, 1.807) is 11.8 Å². The molecule has 0 aromatic carbocycles. The summed E-state index contributed by atoms with van der Waals surface area (Å²) < 4.78 is 0. The van der Waals surface area contributed by atoms with Crippen LogP contribution in [-0.4, -0.2) is 78.4 Å². The number of nitrogens with one attached hydrogen (secondary N) is 1. The Bertz CT molecular complexity index is 334. The standard InChI is InChI=1S/C11H18N4OS/c16-11(10-13-1-6-17-10)15-4-2-14(3-5-15)9-7-12-8-9/h9,12H,1-8H2. The summed E-state index contributed by atoms with van der Waals surface area (Å²) in [6.45, 7) is 6.75. The van der Waals surface area contributed by atoms with Crippen LogP contribution in [-0.2, 0) is 4.79 Å². The molecular weight excluding hydrogens is 236 g/mol. The maximum Gasteiger partial charge on any atom is 0.278 e. The molecule has 2 fully saturated rings. The summed E-state index contributed by atoms with van der Waals surface area (Å²) in [5.41, 5.74) is 0. The summed E-state index contributed by atoms with van der Waals surface area (Å²) in [5.74, 6) is 1.12. The van der Waals surface area contributed by atoms with Gasteiger partial charge in [0.2, 0.25) is 0 Å². The maximum absolute atomic E-state index is 12.1. The molecule has 3 aliphatic heterocycles. The van der Waals surface area contributed by atoms with Gasteiger partial charge in [-0.2, -0.15) is 0 Å². The summed E-state index contributed by atoms with van der Waals surface area (Å²) in [4.78, 5) is 20.8. The van der Waals surface area contributed by atoms with E-state index in [-0.39, 0.29) is 5.91 Å². The van der Waals surface area contributed by atoms with Crippen molar-refractivity contribution < 1.29 is 4.79 Å². The van der Waals surface area contributed by atoms with Crippen molar-refractivity contribution >= 4 is 22.7 Å². The predicted molar refractivity (Wildman–Crippen MR) is 69.6 cm³/mol. The Morgan fingerprint density at radius 1 is 1.29 bits per heavy atom. The van der Waals surface area contributed by atoms with Gasteiger partial charge in [0.05, 0.1) is 0 Å². The van der Waals surface area contributed by atoms with Crippen molar-refractivity contribution in [3.05, 3.63) is 0 Å². The zero-order valence-electron chi connectivity index (χ0n) is 9.89. The fraction of sp³-hybridized carbons (Fsp3) is 0.818. The van der Waals surface area contributed by atoms with Gasteiger partial charge in [0.1, 0.15) is 0 Å². The third kappa shape index (κ3) is 2.34. The molecule has 6 heteroatoms. The van der Waals surface area contributed by atoms with Crippen LogP contribution in [0.1, 0.15) is 0 Å². The van der Waals surface area contributed by atoms with Gasteiger partial charge >= 0.3 is 0 Å². The number of amides is 1. The quantitative estimate of drug-likeness (QED) is 0.704. The van der Waals surface area contributed by atoms with Crippen molar-refractivity contribution in [3.63, 3.8) is 0 Å². The molecule has 0 saturated carbocycles. The van der Waals surface area contributed by atoms with Crippen LogP contribution in [0.3, 0.4) is 0 Å². The Labute approximate surface area is 106 Å². The molecule has 2 saturated heterocycles. The molecule has 1 N–H and O–H groups in total. The number of carbonyl (C=O) groups excluding carboxylic acids is 1. The highest BCUT2D eigenvalue weighted by Crippen LogP contribution is 2.16. The van der Waals surface area contributed by atoms with Crippen LogP contribution >= 0.6 is 11.8 Å². The third-order valence-electron chi connectivity index (χ3n) is 3.65. The first-order chi connectivity index (χ1) is 8.34. The van der Waals surface area contributed by atoms with Crippen molar-refractivity contribution in [1.29, 1.82) is 0 Å². The van der Waals surface area contributed by atoms with Gasteiger partial charge in [0.15, 0.2) is 5.04 Å². The van der Waals surface area contributed by atoms with Gasteiger partial charge in [0, 0.05) is 57.6 Å². The van der Waals surface area contributed by atoms with Crippen LogP contribution in [0, 0.1) is 0 Å². The minimum atomic E-state index is 0.152. The molecule has 0 aromatic heterocycles. The van der Waals surface area contributed by atoms with Gasteiger partial charge in [-0.3, -0.25) is 14.7 Å². The van der Waals surface area contributed by atoms with E-state index >= 15 is 0 Å². The number of rotatable bonds is 2. The molecule has 17 heavy (non-hydrogen) atoms. The van der Waals surface area contributed by atoms with Gasteiger partial charge in [-0.15, -0.1) is 0 Å². The Hall–Kier alpha value is -0.590. The predicted octanol–water partition coefficient (Wildman–Crippen LogP) is -0.752. The monoisotopic (exact) mass is 254 g/mol. The molecule has 0 radical (unpaired) electrons. The number of aliphatic imine (C=N–C) groups is 1. The number of piperazine rings is 1. The largest absolute Gasteiger partial charge is 0.334 e. The fourth-order valence-electron chi connectivity index (χ4n) is 2.42. The van der Waals surface area contributed by atoms with Gasteiger partial charge in [0.25, 0.3) is 5.91 Å². The normalized spacial score (nSPS) is 26.8. The van der Waals surface area contributed by atoms with Crippen molar-refractivity contribution in [2.24, 2.45) is 4.99 Å². The van der Waals surface area contributed by atoms with Crippen molar-refractivity contribution in [2.45, 2.75) is 6.04 Å². The Balaban J connectivity index is 1.52. The molecular formula is C11H18N4OS. The average Bonchev–Trinajstić information content (AvgIpc) is 2.80. The average molecular weight is 254 g/mol. The Kier molecular flexibility index (Phi) is 3.35. The van der Waals surface area contributed by atoms with E-state index in [2.05, 4.69) is 15.2 Å². The van der Waals surface area contributed by atoms with E-state index in [1.807, 2.05) is 4.90 Å². The molecule has 0 atom stereocenters. The summed E-state index contributed by atoms with van der Waals surface area (Å²) in [6.07, 6.45) is 0. The van der Waals surface area contributed by atoms with Crippen LogP contribution in [0.4, 0.5) is 0 Å². The van der Waals surface area contributed by atoms with Crippen LogP contribution in [0.15, 0.2) is 4.99 Å². The lowest BCUT2D eigenvalue weighted by molar-refractivity contribution is -0.125. The van der Waals surface area contributed by atoms with Crippen LogP contribution in [0.5, 0.6) is 0 Å². The SMILES string of the molecule is O=C(C1=NCCS1)N1CCN(C2CNC2)CC1. The second-order valence-corrected chi connectivity index (χ2v) is 5.76. The lowest BCUT2D eigenvalue weighted by Crippen LogP contribution is -2.62. The summed E-state index contributed by atoms with van der Waals surface area (Å²) >= 11 is 1.60. The first kappa shape index (κ1) is 11.5. The van der Waals surface area contributed by atoms with Gasteiger partial charge in [-0.1, -0.05) is 11.8 Å². The molecule has 0 unspecified atom stereocenters. The van der Waals surface area contributed by atoms with E-state index in [0.717, 1.165) is 56.6 Å². The van der Waals surface area contributed by atoms with Crippen LogP contribution in [0.25, 0.3) is 0 Å². The number of nitrogens with zero attached hydrogens (tertiary/aromatic N) is 3. The van der Waals surface area contributed by atoms with E-state index in [1.165, 1.54) is 0 Å². The van der Waals surface area contributed by atoms with Gasteiger partial charge in [-0.25, -0.2) is 0 Å². The number of thioether (sulfide) groups is 1. The van der Waals surface area contributed by atoms with Crippen molar-refractivity contribution in [3.8, 4) is 0 Å². The fourth-order valence-corrected chi connectivity index (χ4v) is 3.23. The van der Waals surface area contributed by atoms with E-state index in [0.29, 0.717) is 6.04 Å². The Morgan fingerprint density at radius 3 is 2.59 bits per heavy atom. The van der Waals surface area contributed by atoms with Gasteiger partial charge < -0.3 is 10.2 Å². The van der Waals surface area contributed by atoms with Crippen molar-refractivity contribution in [1.82, 2.24) is 15.1 Å². The van der Waals surface area contributed by atoms with Crippen LogP contribution < -0.4 is 5.32 Å². The number of hydrogen-bond donors (Lipinski definition) is 1. The second-order valence-electron chi connectivity index (χ2n) is 4.68. The molecule has 0 bridgehead atoms. The topological polar surface area (TPSA) is 47.9 Å². The van der Waals surface area contributed by atoms with Crippen LogP contribution in [0.2, 0.25) is 0 Å². The molecule has 1 amide bonds. The highest BCUT2D eigenvalue weighted by atomic mass is 32.2. The minimum Gasteiger partial charge on any atom is -0.334 e. The zero-order chi connectivity index (χ0) is 11.7. The lowest BCUT2D eigenvalue weighted by atomic mass is 10.1. The summed E-state index contributed by atoms with van der Waals surface area (Å²) in [7, 11) is 0. The van der Waals surface area contributed by atoms with Gasteiger partial charge in [-0.05, 0) is 0 Å². The molecule has 3 aliphatic rings. The maximum atomic E-state index is 12.1. The third-order valence-corrected chi connectivity index (χ3v) is 4.61. The summed E-state index contributed by atoms with van der Waals surface area (Å²) in [5, 5.41) is 4.02. The first-order valence-corrected chi connectivity index (χ1v) is 7.24. The second kappa shape index (κ2) is 4.96. The molecule has 94 valence electrons. The van der Waals surface area contributed by atoms with Crippen molar-refractivity contribution in [2.75, 3.05) is 51.6 Å². The van der Waals surface area contributed by atoms with E-state index in [4.69, 9.17) is 0 Å². The number of hydrogen-bond acceptors (Lipinski definition) is 5. The number of carbonyl (C=O) groups is 1. The molecule has 3 heterocycles. The van der Waals surface area contributed by atoms with E-state index < -0.39 is 0 Å².